The molecule has 1 aromatic rings. The van der Waals surface area contributed by atoms with Gasteiger partial charge in [0.1, 0.15) is 0 Å². The van der Waals surface area contributed by atoms with Crippen molar-refractivity contribution in [1.82, 2.24) is 4.31 Å². The van der Waals surface area contributed by atoms with Gasteiger partial charge in [0, 0.05) is 29.6 Å². The average Bonchev–Trinajstić information content (AvgIpc) is 2.47. The van der Waals surface area contributed by atoms with Crippen molar-refractivity contribution < 1.29 is 13.2 Å². The molecule has 5 nitrogen and oxygen atoms in total. The first kappa shape index (κ1) is 16.5. The Balaban J connectivity index is 2.09. The molecule has 1 aliphatic heterocycles. The summed E-state index contributed by atoms with van der Waals surface area (Å²) in [6.45, 7) is 2.80. The van der Waals surface area contributed by atoms with Crippen molar-refractivity contribution in [3.8, 4) is 0 Å². The lowest BCUT2D eigenvalue weighted by Gasteiger charge is -2.33. The van der Waals surface area contributed by atoms with Crippen LogP contribution in [0.3, 0.4) is 0 Å². The maximum Gasteiger partial charge on any atom is 0.236 e. The summed E-state index contributed by atoms with van der Waals surface area (Å²) in [6, 6.07) is 6.75. The minimum absolute atomic E-state index is 0.205. The molecule has 0 bridgehead atoms. The van der Waals surface area contributed by atoms with Crippen molar-refractivity contribution in [2.24, 2.45) is 5.73 Å². The Morgan fingerprint density at radius 2 is 2.10 bits per heavy atom. The van der Waals surface area contributed by atoms with Crippen molar-refractivity contribution in [2.75, 3.05) is 19.7 Å². The summed E-state index contributed by atoms with van der Waals surface area (Å²) >= 11 is 5.79. The zero-order valence-corrected chi connectivity index (χ0v) is 13.3. The summed E-state index contributed by atoms with van der Waals surface area (Å²) in [5.74, 6) is 0. The lowest BCUT2D eigenvalue weighted by Crippen LogP contribution is -2.50. The van der Waals surface area contributed by atoms with E-state index in [4.69, 9.17) is 22.1 Å². The Morgan fingerprint density at radius 3 is 2.71 bits per heavy atom. The van der Waals surface area contributed by atoms with E-state index < -0.39 is 10.0 Å². The van der Waals surface area contributed by atoms with Gasteiger partial charge in [-0.2, -0.15) is 4.31 Å². The Bertz CT molecular complexity index is 599. The van der Waals surface area contributed by atoms with Gasteiger partial charge in [0.2, 0.25) is 10.0 Å². The lowest BCUT2D eigenvalue weighted by molar-refractivity contribution is -0.0116. The van der Waals surface area contributed by atoms with E-state index in [0.29, 0.717) is 18.2 Å². The first-order valence-electron chi connectivity index (χ1n) is 6.69. The van der Waals surface area contributed by atoms with E-state index in [1.807, 2.05) is 6.92 Å². The zero-order chi connectivity index (χ0) is 15.5. The van der Waals surface area contributed by atoms with E-state index in [1.54, 1.807) is 30.3 Å². The summed E-state index contributed by atoms with van der Waals surface area (Å²) in [4.78, 5) is 0. The number of hydrogen-bond acceptors (Lipinski definition) is 4. The number of nitrogens with zero attached hydrogens (tertiary/aromatic N) is 1. The van der Waals surface area contributed by atoms with E-state index in [2.05, 4.69) is 0 Å². The van der Waals surface area contributed by atoms with Gasteiger partial charge in [-0.25, -0.2) is 8.42 Å². The van der Waals surface area contributed by atoms with Gasteiger partial charge in [-0.05, 0) is 30.7 Å². The molecule has 2 N–H and O–H groups in total. The highest BCUT2D eigenvalue weighted by atomic mass is 35.5. The monoisotopic (exact) mass is 330 g/mol. The molecule has 0 saturated carbocycles. The molecule has 0 spiro atoms. The third-order valence-corrected chi connectivity index (χ3v) is 5.09. The molecular formula is C14H19ClN2O3S. The third-order valence-electron chi connectivity index (χ3n) is 3.30. The second-order valence-electron chi connectivity index (χ2n) is 5.03. The van der Waals surface area contributed by atoms with Crippen LogP contribution in [0.2, 0.25) is 5.02 Å². The molecule has 0 radical (unpaired) electrons. The van der Waals surface area contributed by atoms with Crippen molar-refractivity contribution in [3.63, 3.8) is 0 Å². The molecule has 1 heterocycles. The number of ether oxygens (including phenoxy) is 1. The van der Waals surface area contributed by atoms with Crippen LogP contribution in [-0.4, -0.2) is 44.6 Å². The maximum atomic E-state index is 12.3. The Labute approximate surface area is 130 Å². The van der Waals surface area contributed by atoms with Crippen molar-refractivity contribution in [3.05, 3.63) is 40.3 Å². The van der Waals surface area contributed by atoms with Gasteiger partial charge in [0.25, 0.3) is 0 Å². The van der Waals surface area contributed by atoms with Crippen LogP contribution < -0.4 is 5.73 Å². The van der Waals surface area contributed by atoms with Crippen LogP contribution in [-0.2, 0) is 14.8 Å². The minimum atomic E-state index is -3.47. The smallest absolute Gasteiger partial charge is 0.236 e. The average molecular weight is 331 g/mol. The number of benzene rings is 1. The van der Waals surface area contributed by atoms with Gasteiger partial charge in [-0.1, -0.05) is 23.7 Å². The summed E-state index contributed by atoms with van der Waals surface area (Å²) in [5.41, 5.74) is 6.55. The number of hydrogen-bond donors (Lipinski definition) is 1. The van der Waals surface area contributed by atoms with E-state index >= 15 is 0 Å². The van der Waals surface area contributed by atoms with Crippen LogP contribution in [0.15, 0.2) is 29.7 Å². The molecule has 0 amide bonds. The Morgan fingerprint density at radius 1 is 1.43 bits per heavy atom. The molecule has 1 aliphatic rings. The third kappa shape index (κ3) is 4.52. The first-order valence-corrected chi connectivity index (χ1v) is 8.57. The molecule has 2 unspecified atom stereocenters. The maximum absolute atomic E-state index is 12.3. The molecular weight excluding hydrogens is 312 g/mol. The van der Waals surface area contributed by atoms with Gasteiger partial charge in [0.15, 0.2) is 0 Å². The van der Waals surface area contributed by atoms with Crippen LogP contribution in [0.5, 0.6) is 0 Å². The fraction of sp³-hybridized carbons (Fsp3) is 0.429. The topological polar surface area (TPSA) is 72.6 Å². The Kier molecular flexibility index (Phi) is 5.40. The number of sulfonamides is 1. The highest BCUT2D eigenvalue weighted by Crippen LogP contribution is 2.15. The second kappa shape index (κ2) is 6.89. The molecule has 1 fully saturated rings. The molecule has 1 saturated heterocycles. The molecule has 7 heteroatoms. The summed E-state index contributed by atoms with van der Waals surface area (Å²) in [5, 5.41) is 1.82. The van der Waals surface area contributed by atoms with Crippen molar-refractivity contribution in [1.29, 1.82) is 0 Å². The fourth-order valence-electron chi connectivity index (χ4n) is 2.02. The fourth-order valence-corrected chi connectivity index (χ4v) is 3.34. The predicted octanol–water partition coefficient (Wildman–Crippen LogP) is 1.69. The number of rotatable bonds is 4. The normalized spacial score (nSPS) is 22.5. The molecule has 2 rings (SSSR count). The summed E-state index contributed by atoms with van der Waals surface area (Å²) < 4.78 is 31.5. The van der Waals surface area contributed by atoms with Gasteiger partial charge >= 0.3 is 0 Å². The molecule has 0 aliphatic carbocycles. The molecule has 0 aromatic heterocycles. The molecule has 1 aromatic carbocycles. The Hall–Kier alpha value is -0.920. The van der Waals surface area contributed by atoms with Crippen LogP contribution in [0.4, 0.5) is 0 Å². The van der Waals surface area contributed by atoms with E-state index in [-0.39, 0.29) is 18.7 Å². The predicted molar refractivity (Wildman–Crippen MR) is 84.4 cm³/mol. The highest BCUT2D eigenvalue weighted by molar-refractivity contribution is 7.92. The summed E-state index contributed by atoms with van der Waals surface area (Å²) in [6.07, 6.45) is 1.29. The van der Waals surface area contributed by atoms with Crippen LogP contribution in [0, 0.1) is 0 Å². The number of nitrogens with two attached hydrogens (primary N) is 1. The van der Waals surface area contributed by atoms with Gasteiger partial charge < -0.3 is 10.5 Å². The molecule has 2 atom stereocenters. The first-order chi connectivity index (χ1) is 9.88. The van der Waals surface area contributed by atoms with Crippen molar-refractivity contribution >= 4 is 27.7 Å². The highest BCUT2D eigenvalue weighted by Gasteiger charge is 2.29. The van der Waals surface area contributed by atoms with Crippen LogP contribution in [0.1, 0.15) is 12.5 Å². The van der Waals surface area contributed by atoms with E-state index in [1.165, 1.54) is 9.71 Å². The van der Waals surface area contributed by atoms with Crippen LogP contribution >= 0.6 is 11.6 Å². The van der Waals surface area contributed by atoms with E-state index in [0.717, 1.165) is 5.56 Å². The van der Waals surface area contributed by atoms with E-state index in [9.17, 15) is 8.42 Å². The zero-order valence-electron chi connectivity index (χ0n) is 11.8. The van der Waals surface area contributed by atoms with Crippen LogP contribution in [0.25, 0.3) is 6.08 Å². The minimum Gasteiger partial charge on any atom is -0.374 e. The summed E-state index contributed by atoms with van der Waals surface area (Å²) in [7, 11) is -3.47. The number of morpholine rings is 1. The largest absolute Gasteiger partial charge is 0.374 e. The van der Waals surface area contributed by atoms with Gasteiger partial charge in [0.05, 0.1) is 12.7 Å². The standard InChI is InChI=1S/C14H19ClN2O3S/c1-11(16)14-10-17(7-8-20-14)21(18,19)9-6-12-2-4-13(15)5-3-12/h2-6,9,11,14H,7-8,10,16H2,1H3/b9-6+. The molecule has 116 valence electrons. The van der Waals surface area contributed by atoms with Crippen molar-refractivity contribution in [2.45, 2.75) is 19.1 Å². The SMILES string of the molecule is CC(N)C1CN(S(=O)(=O)/C=C/c2ccc(Cl)cc2)CCO1. The quantitative estimate of drug-likeness (QED) is 0.911. The lowest BCUT2D eigenvalue weighted by atomic mass is 10.2. The van der Waals surface area contributed by atoms with Gasteiger partial charge in [-0.3, -0.25) is 0 Å². The van der Waals surface area contributed by atoms with Gasteiger partial charge in [-0.15, -0.1) is 0 Å². The number of halogens is 1. The molecule has 21 heavy (non-hydrogen) atoms. The second-order valence-corrected chi connectivity index (χ2v) is 7.28.